The molecule has 0 aromatic rings. The molecule has 2 aliphatic heterocycles. The number of hydrogen-bond acceptors (Lipinski definition) is 4. The number of nitrogens with one attached hydrogen (secondary N) is 2. The Hall–Kier alpha value is -0.450. The van der Waals surface area contributed by atoms with Gasteiger partial charge >= 0.3 is 0 Å². The normalized spacial score (nSPS) is 31.6. The Labute approximate surface area is 85.0 Å². The van der Waals surface area contributed by atoms with Crippen LogP contribution in [0.4, 0.5) is 0 Å². The van der Waals surface area contributed by atoms with E-state index < -0.39 is 0 Å². The topological polar surface area (TPSA) is 44.4 Å². The van der Waals surface area contributed by atoms with Crippen LogP contribution in [0.15, 0.2) is 0 Å². The summed E-state index contributed by atoms with van der Waals surface area (Å²) in [4.78, 5) is 13.4. The van der Waals surface area contributed by atoms with Gasteiger partial charge in [-0.15, -0.1) is 0 Å². The van der Waals surface area contributed by atoms with Crippen molar-refractivity contribution in [2.75, 3.05) is 32.7 Å². The quantitative estimate of drug-likeness (QED) is 0.582. The highest BCUT2D eigenvalue weighted by Gasteiger charge is 2.29. The van der Waals surface area contributed by atoms with E-state index in [9.17, 15) is 4.79 Å². The number of rotatable bonds is 3. The molecule has 2 atom stereocenters. The zero-order valence-corrected chi connectivity index (χ0v) is 8.54. The van der Waals surface area contributed by atoms with Gasteiger partial charge in [0, 0.05) is 25.7 Å². The maximum atomic E-state index is 11.1. The summed E-state index contributed by atoms with van der Waals surface area (Å²) in [5, 5.41) is 6.74. The minimum Gasteiger partial charge on any atom is -0.314 e. The van der Waals surface area contributed by atoms with Crippen molar-refractivity contribution in [1.82, 2.24) is 15.5 Å². The molecule has 0 aromatic carbocycles. The van der Waals surface area contributed by atoms with Crippen molar-refractivity contribution in [1.29, 1.82) is 0 Å². The second-order valence-electron chi connectivity index (χ2n) is 4.13. The van der Waals surface area contributed by atoms with Gasteiger partial charge in [-0.2, -0.15) is 0 Å². The molecule has 2 heterocycles. The lowest BCUT2D eigenvalue weighted by Crippen LogP contribution is -2.59. The van der Waals surface area contributed by atoms with Crippen molar-refractivity contribution in [3.05, 3.63) is 0 Å². The van der Waals surface area contributed by atoms with Crippen LogP contribution in [0.3, 0.4) is 0 Å². The highest BCUT2D eigenvalue weighted by atomic mass is 16.1. The first-order valence-electron chi connectivity index (χ1n) is 5.55. The SMILES string of the molecule is O=CC(C1CNCCN1)N1CCCC1. The first-order valence-corrected chi connectivity index (χ1v) is 5.55. The van der Waals surface area contributed by atoms with E-state index in [-0.39, 0.29) is 6.04 Å². The minimum atomic E-state index is 0.0744. The zero-order valence-electron chi connectivity index (χ0n) is 8.54. The highest BCUT2D eigenvalue weighted by Crippen LogP contribution is 2.13. The summed E-state index contributed by atoms with van der Waals surface area (Å²) in [7, 11) is 0. The lowest BCUT2D eigenvalue weighted by atomic mass is 10.1. The molecule has 0 aromatic heterocycles. The van der Waals surface area contributed by atoms with Crippen molar-refractivity contribution in [2.45, 2.75) is 24.9 Å². The van der Waals surface area contributed by atoms with E-state index >= 15 is 0 Å². The second-order valence-corrected chi connectivity index (χ2v) is 4.13. The molecule has 2 N–H and O–H groups in total. The third-order valence-corrected chi connectivity index (χ3v) is 3.19. The lowest BCUT2D eigenvalue weighted by molar-refractivity contribution is -0.113. The van der Waals surface area contributed by atoms with E-state index in [1.54, 1.807) is 0 Å². The Kier molecular flexibility index (Phi) is 3.50. The van der Waals surface area contributed by atoms with Crippen LogP contribution >= 0.6 is 0 Å². The Bertz CT molecular complexity index is 186. The summed E-state index contributed by atoms with van der Waals surface area (Å²) >= 11 is 0. The Morgan fingerprint density at radius 3 is 2.64 bits per heavy atom. The van der Waals surface area contributed by atoms with Crippen LogP contribution in [-0.2, 0) is 4.79 Å². The molecular weight excluding hydrogens is 178 g/mol. The number of carbonyl (C=O) groups excluding carboxylic acids is 1. The largest absolute Gasteiger partial charge is 0.314 e. The smallest absolute Gasteiger partial charge is 0.138 e. The first kappa shape index (κ1) is 10.1. The molecule has 14 heavy (non-hydrogen) atoms. The molecule has 2 aliphatic rings. The average molecular weight is 197 g/mol. The first-order chi connectivity index (χ1) is 6.92. The highest BCUT2D eigenvalue weighted by molar-refractivity contribution is 5.59. The number of carbonyl (C=O) groups is 1. The summed E-state index contributed by atoms with van der Waals surface area (Å²) in [6.45, 7) is 5.08. The molecule has 0 bridgehead atoms. The molecule has 2 unspecified atom stereocenters. The Morgan fingerprint density at radius 1 is 1.29 bits per heavy atom. The van der Waals surface area contributed by atoms with E-state index in [0.29, 0.717) is 6.04 Å². The summed E-state index contributed by atoms with van der Waals surface area (Å²) in [5.74, 6) is 0. The summed E-state index contributed by atoms with van der Waals surface area (Å²) in [6.07, 6.45) is 3.59. The Balaban J connectivity index is 1.92. The summed E-state index contributed by atoms with van der Waals surface area (Å²) < 4.78 is 0. The van der Waals surface area contributed by atoms with E-state index in [0.717, 1.165) is 39.0 Å². The predicted molar refractivity (Wildman–Crippen MR) is 55.3 cm³/mol. The van der Waals surface area contributed by atoms with Gasteiger partial charge in [-0.25, -0.2) is 0 Å². The van der Waals surface area contributed by atoms with Gasteiger partial charge in [0.25, 0.3) is 0 Å². The van der Waals surface area contributed by atoms with Gasteiger partial charge < -0.3 is 15.4 Å². The molecule has 0 aliphatic carbocycles. The van der Waals surface area contributed by atoms with Gasteiger partial charge in [0.1, 0.15) is 6.29 Å². The van der Waals surface area contributed by atoms with Gasteiger partial charge in [0.15, 0.2) is 0 Å². The number of nitrogens with zero attached hydrogens (tertiary/aromatic N) is 1. The van der Waals surface area contributed by atoms with Gasteiger partial charge in [0.05, 0.1) is 6.04 Å². The molecule has 0 saturated carbocycles. The lowest BCUT2D eigenvalue weighted by Gasteiger charge is -2.34. The van der Waals surface area contributed by atoms with E-state index in [1.165, 1.54) is 12.8 Å². The van der Waals surface area contributed by atoms with Gasteiger partial charge in [0.2, 0.25) is 0 Å². The zero-order chi connectivity index (χ0) is 9.80. The van der Waals surface area contributed by atoms with Crippen LogP contribution in [0.1, 0.15) is 12.8 Å². The van der Waals surface area contributed by atoms with Crippen LogP contribution < -0.4 is 10.6 Å². The minimum absolute atomic E-state index is 0.0744. The molecule has 80 valence electrons. The van der Waals surface area contributed by atoms with E-state index in [2.05, 4.69) is 15.5 Å². The molecule has 0 radical (unpaired) electrons. The molecule has 4 nitrogen and oxygen atoms in total. The van der Waals surface area contributed by atoms with Crippen molar-refractivity contribution >= 4 is 6.29 Å². The van der Waals surface area contributed by atoms with Crippen molar-refractivity contribution in [3.8, 4) is 0 Å². The van der Waals surface area contributed by atoms with E-state index in [4.69, 9.17) is 0 Å². The molecule has 4 heteroatoms. The van der Waals surface area contributed by atoms with Crippen LogP contribution in [0.5, 0.6) is 0 Å². The van der Waals surface area contributed by atoms with Crippen LogP contribution in [0.2, 0.25) is 0 Å². The molecule has 2 rings (SSSR count). The number of piperazine rings is 1. The number of hydrogen-bond donors (Lipinski definition) is 2. The maximum Gasteiger partial charge on any atom is 0.138 e. The average Bonchev–Trinajstić information content (AvgIpc) is 2.74. The van der Waals surface area contributed by atoms with Crippen LogP contribution in [-0.4, -0.2) is 56.0 Å². The van der Waals surface area contributed by atoms with Crippen molar-refractivity contribution < 1.29 is 4.79 Å². The fourth-order valence-electron chi connectivity index (χ4n) is 2.39. The number of likely N-dealkylation sites (tertiary alicyclic amines) is 1. The van der Waals surface area contributed by atoms with Crippen LogP contribution in [0, 0.1) is 0 Å². The van der Waals surface area contributed by atoms with Crippen molar-refractivity contribution in [2.24, 2.45) is 0 Å². The predicted octanol–water partition coefficient (Wildman–Crippen LogP) is -0.789. The van der Waals surface area contributed by atoms with Gasteiger partial charge in [-0.05, 0) is 25.9 Å². The summed E-state index contributed by atoms with van der Waals surface area (Å²) in [5.41, 5.74) is 0. The molecule has 0 spiro atoms. The molecule has 0 amide bonds. The third-order valence-electron chi connectivity index (χ3n) is 3.19. The molecule has 2 saturated heterocycles. The van der Waals surface area contributed by atoms with Gasteiger partial charge in [-0.1, -0.05) is 0 Å². The Morgan fingerprint density at radius 2 is 2.07 bits per heavy atom. The molecule has 2 fully saturated rings. The van der Waals surface area contributed by atoms with Crippen molar-refractivity contribution in [3.63, 3.8) is 0 Å². The fraction of sp³-hybridized carbons (Fsp3) is 0.900. The third kappa shape index (κ3) is 2.13. The number of aldehydes is 1. The van der Waals surface area contributed by atoms with Crippen LogP contribution in [0.25, 0.3) is 0 Å². The monoisotopic (exact) mass is 197 g/mol. The second kappa shape index (κ2) is 4.87. The molecular formula is C10H19N3O. The fourth-order valence-corrected chi connectivity index (χ4v) is 2.39. The standard InChI is InChI=1S/C10H19N3O/c14-8-10(13-5-1-2-6-13)9-7-11-3-4-12-9/h8-12H,1-7H2. The van der Waals surface area contributed by atoms with E-state index in [1.807, 2.05) is 0 Å². The maximum absolute atomic E-state index is 11.1. The van der Waals surface area contributed by atoms with Gasteiger partial charge in [-0.3, -0.25) is 4.90 Å². The summed E-state index contributed by atoms with van der Waals surface area (Å²) in [6, 6.07) is 0.379.